The van der Waals surface area contributed by atoms with Gasteiger partial charge in [-0.3, -0.25) is 14.4 Å². The molecule has 2 saturated heterocycles. The van der Waals surface area contributed by atoms with Crippen molar-refractivity contribution in [1.82, 2.24) is 9.80 Å². The number of aliphatic hydroxyl groups excluding tert-OH is 1. The van der Waals surface area contributed by atoms with Crippen molar-refractivity contribution in [3.05, 3.63) is 24.3 Å². The highest BCUT2D eigenvalue weighted by Gasteiger charge is 2.75. The molecule has 2 amide bonds. The second-order valence-corrected chi connectivity index (χ2v) is 8.97. The average molecular weight is 433 g/mol. The number of amides is 2. The number of ether oxygens (including phenoxy) is 2. The van der Waals surface area contributed by atoms with Gasteiger partial charge in [-0.25, -0.2) is 0 Å². The molecule has 2 fully saturated rings. The van der Waals surface area contributed by atoms with Crippen LogP contribution in [-0.4, -0.2) is 82.3 Å². The van der Waals surface area contributed by atoms with E-state index < -0.39 is 41.1 Å². The fourth-order valence-corrected chi connectivity index (χ4v) is 5.69. The van der Waals surface area contributed by atoms with E-state index >= 15 is 0 Å². The summed E-state index contributed by atoms with van der Waals surface area (Å²) in [4.78, 5) is 43.8. The van der Waals surface area contributed by atoms with Gasteiger partial charge in [0.25, 0.3) is 0 Å². The number of unbranched alkanes of at least 4 members (excludes halogenated alkanes) is 1. The third-order valence-corrected chi connectivity index (χ3v) is 7.24. The molecule has 4 aliphatic heterocycles. The summed E-state index contributed by atoms with van der Waals surface area (Å²) in [5.74, 6) is -2.74. The van der Waals surface area contributed by atoms with Crippen LogP contribution in [0.25, 0.3) is 0 Å². The van der Waals surface area contributed by atoms with Crippen molar-refractivity contribution < 1.29 is 29.0 Å². The molecule has 0 bridgehead atoms. The monoisotopic (exact) mass is 432 g/mol. The molecule has 0 aromatic carbocycles. The Kier molecular flexibility index (Phi) is 5.72. The number of aliphatic hydroxyl groups is 1. The zero-order chi connectivity index (χ0) is 22.4. The molecular formula is C23H32N2O6. The van der Waals surface area contributed by atoms with Crippen LogP contribution in [0.1, 0.15) is 40.0 Å². The first-order valence-corrected chi connectivity index (χ1v) is 11.3. The van der Waals surface area contributed by atoms with E-state index in [-0.39, 0.29) is 25.0 Å². The molecule has 1 N–H and O–H groups in total. The normalized spacial score (nSPS) is 37.8. The van der Waals surface area contributed by atoms with Crippen LogP contribution < -0.4 is 0 Å². The smallest absolute Gasteiger partial charge is 0.313 e. The lowest BCUT2D eigenvalue weighted by atomic mass is 9.73. The molecule has 1 spiro atoms. The quantitative estimate of drug-likeness (QED) is 0.498. The van der Waals surface area contributed by atoms with Crippen molar-refractivity contribution in [2.24, 2.45) is 11.8 Å². The van der Waals surface area contributed by atoms with Gasteiger partial charge in [0.2, 0.25) is 11.8 Å². The van der Waals surface area contributed by atoms with Gasteiger partial charge < -0.3 is 24.4 Å². The Hall–Kier alpha value is -2.19. The number of likely N-dealkylation sites (tertiary alicyclic amines) is 1. The largest absolute Gasteiger partial charge is 0.461 e. The maximum Gasteiger partial charge on any atom is 0.313 e. The Bertz CT molecular complexity index is 825. The minimum Gasteiger partial charge on any atom is -0.461 e. The Morgan fingerprint density at radius 2 is 1.94 bits per heavy atom. The Morgan fingerprint density at radius 3 is 2.61 bits per heavy atom. The number of cyclic esters (lactones) is 1. The van der Waals surface area contributed by atoms with Crippen LogP contribution in [0.3, 0.4) is 0 Å². The maximum absolute atomic E-state index is 13.8. The summed E-state index contributed by atoms with van der Waals surface area (Å²) in [6.45, 7) is 6.54. The number of carbonyl (C=O) groups excluding carboxylic acids is 3. The summed E-state index contributed by atoms with van der Waals surface area (Å²) in [6, 6.07) is -1.51. The molecule has 8 nitrogen and oxygen atoms in total. The highest BCUT2D eigenvalue weighted by molar-refractivity contribution is 5.99. The second-order valence-electron chi connectivity index (χ2n) is 8.97. The Morgan fingerprint density at radius 1 is 1.16 bits per heavy atom. The van der Waals surface area contributed by atoms with Crippen molar-refractivity contribution >= 4 is 17.8 Å². The first kappa shape index (κ1) is 22.0. The number of carbonyl (C=O) groups is 3. The van der Waals surface area contributed by atoms with Crippen LogP contribution >= 0.6 is 0 Å². The van der Waals surface area contributed by atoms with E-state index in [0.717, 1.165) is 12.8 Å². The van der Waals surface area contributed by atoms with Crippen LogP contribution in [0.2, 0.25) is 0 Å². The molecule has 0 aliphatic carbocycles. The van der Waals surface area contributed by atoms with Gasteiger partial charge in [-0.05, 0) is 25.8 Å². The van der Waals surface area contributed by atoms with Gasteiger partial charge >= 0.3 is 5.97 Å². The fourth-order valence-electron chi connectivity index (χ4n) is 5.69. The number of rotatable bonds is 6. The molecule has 4 aliphatic rings. The lowest BCUT2D eigenvalue weighted by Gasteiger charge is -2.39. The molecule has 0 aromatic rings. The van der Waals surface area contributed by atoms with Gasteiger partial charge in [-0.1, -0.05) is 38.5 Å². The van der Waals surface area contributed by atoms with E-state index in [1.54, 1.807) is 17.9 Å². The molecular weight excluding hydrogens is 400 g/mol. The molecule has 0 radical (unpaired) electrons. The number of hydrogen-bond donors (Lipinski definition) is 1. The first-order valence-electron chi connectivity index (χ1n) is 11.3. The van der Waals surface area contributed by atoms with Crippen LogP contribution in [0.15, 0.2) is 24.3 Å². The number of esters is 1. The molecule has 4 heterocycles. The van der Waals surface area contributed by atoms with Crippen LogP contribution in [0, 0.1) is 11.8 Å². The summed E-state index contributed by atoms with van der Waals surface area (Å²) < 4.78 is 12.1. The van der Waals surface area contributed by atoms with Crippen LogP contribution in [-0.2, 0) is 23.9 Å². The summed E-state index contributed by atoms with van der Waals surface area (Å²) in [7, 11) is 0. The lowest BCUT2D eigenvalue weighted by molar-refractivity contribution is -0.161. The predicted molar refractivity (Wildman–Crippen MR) is 112 cm³/mol. The molecule has 170 valence electrons. The Labute approximate surface area is 182 Å². The van der Waals surface area contributed by atoms with Gasteiger partial charge in [0.05, 0.1) is 18.6 Å². The highest BCUT2D eigenvalue weighted by Crippen LogP contribution is 2.58. The summed E-state index contributed by atoms with van der Waals surface area (Å²) in [6.07, 6.45) is 9.55. The van der Waals surface area contributed by atoms with Gasteiger partial charge in [0.1, 0.15) is 29.8 Å². The molecule has 31 heavy (non-hydrogen) atoms. The van der Waals surface area contributed by atoms with E-state index in [4.69, 9.17) is 9.47 Å². The minimum atomic E-state index is -1.28. The van der Waals surface area contributed by atoms with E-state index in [1.165, 1.54) is 4.90 Å². The van der Waals surface area contributed by atoms with Gasteiger partial charge in [-0.2, -0.15) is 0 Å². The molecule has 0 aromatic heterocycles. The highest BCUT2D eigenvalue weighted by atomic mass is 16.6. The first-order chi connectivity index (χ1) is 14.9. The van der Waals surface area contributed by atoms with Crippen molar-refractivity contribution in [2.75, 3.05) is 26.3 Å². The zero-order valence-corrected chi connectivity index (χ0v) is 18.5. The summed E-state index contributed by atoms with van der Waals surface area (Å²) in [5, 5.41) is 9.87. The molecule has 0 saturated carbocycles. The standard InChI is InChI=1S/C23H32N2O6/c1-4-6-11-24-12-7-10-23-16(19(27)25(15(3)14-26)18(23)20(24)28)17-21(29)30-13-8-9-22(17,5-2)31-23/h7-10,15-18,26H,4-6,11-14H2,1-3H3/t15-,16+,17-,18?,22+,23+/m1/s1. The number of fused-ring (bicyclic) bond motifs is 2. The average Bonchev–Trinajstić information content (AvgIpc) is 3.05. The summed E-state index contributed by atoms with van der Waals surface area (Å²) >= 11 is 0. The third kappa shape index (κ3) is 3.06. The zero-order valence-electron chi connectivity index (χ0n) is 18.5. The van der Waals surface area contributed by atoms with Crippen molar-refractivity contribution in [1.29, 1.82) is 0 Å². The van der Waals surface area contributed by atoms with Gasteiger partial charge in [0, 0.05) is 13.1 Å². The third-order valence-electron chi connectivity index (χ3n) is 7.24. The van der Waals surface area contributed by atoms with Crippen LogP contribution in [0.4, 0.5) is 0 Å². The summed E-state index contributed by atoms with van der Waals surface area (Å²) in [5.41, 5.74) is -2.29. The minimum absolute atomic E-state index is 0.133. The molecule has 4 rings (SSSR count). The van der Waals surface area contributed by atoms with Crippen molar-refractivity contribution in [3.63, 3.8) is 0 Å². The number of hydrogen-bond acceptors (Lipinski definition) is 6. The topological polar surface area (TPSA) is 96.4 Å². The van der Waals surface area contributed by atoms with Crippen molar-refractivity contribution in [3.8, 4) is 0 Å². The lowest BCUT2D eigenvalue weighted by Crippen LogP contribution is -2.58. The van der Waals surface area contributed by atoms with Gasteiger partial charge in [0.15, 0.2) is 0 Å². The maximum atomic E-state index is 13.8. The van der Waals surface area contributed by atoms with E-state index in [2.05, 4.69) is 6.92 Å². The molecule has 6 atom stereocenters. The molecule has 8 heteroatoms. The van der Waals surface area contributed by atoms with Crippen molar-refractivity contribution in [2.45, 2.75) is 63.3 Å². The molecule has 1 unspecified atom stereocenters. The van der Waals surface area contributed by atoms with E-state index in [1.807, 2.05) is 25.2 Å². The van der Waals surface area contributed by atoms with Gasteiger partial charge in [-0.15, -0.1) is 0 Å². The van der Waals surface area contributed by atoms with E-state index in [9.17, 15) is 19.5 Å². The van der Waals surface area contributed by atoms with E-state index in [0.29, 0.717) is 19.5 Å². The Balaban J connectivity index is 1.87. The van der Waals surface area contributed by atoms with Crippen LogP contribution in [0.5, 0.6) is 0 Å². The second kappa shape index (κ2) is 8.06. The SMILES string of the molecule is CCCCN1CC=C[C@]23O[C@@]4(CC)C=CCOC(=O)[C@H]4[C@H]2C(=O)N([C@H](C)CO)C3C1=O. The number of nitrogens with zero attached hydrogens (tertiary/aromatic N) is 2. The fraction of sp³-hybridized carbons (Fsp3) is 0.696. The predicted octanol–water partition coefficient (Wildman–Crippen LogP) is 1.04.